The molecule has 6 heteroatoms. The maximum atomic E-state index is 12.9. The predicted molar refractivity (Wildman–Crippen MR) is 358 cm³/mol. The van der Waals surface area contributed by atoms with E-state index in [9.17, 15) is 14.4 Å². The highest BCUT2D eigenvalue weighted by atomic mass is 16.6. The maximum absolute atomic E-state index is 12.9. The van der Waals surface area contributed by atoms with Crippen molar-refractivity contribution < 1.29 is 28.6 Å². The molecule has 474 valence electrons. The molecule has 0 aliphatic heterocycles. The largest absolute Gasteiger partial charge is 0.462 e. The first-order valence-electron chi connectivity index (χ1n) is 35.6. The molecule has 6 nitrogen and oxygen atoms in total. The van der Waals surface area contributed by atoms with E-state index in [1.54, 1.807) is 0 Å². The van der Waals surface area contributed by atoms with Crippen LogP contribution in [0.5, 0.6) is 0 Å². The number of carbonyl (C=O) groups excluding carboxylic acids is 3. The Balaban J connectivity index is 4.25. The number of esters is 3. The normalized spacial score (nSPS) is 12.6. The van der Waals surface area contributed by atoms with E-state index in [1.807, 2.05) is 0 Å². The molecular weight excluding hydrogens is 1010 g/mol. The molecule has 0 aromatic rings. The summed E-state index contributed by atoms with van der Waals surface area (Å²) >= 11 is 0. The van der Waals surface area contributed by atoms with Gasteiger partial charge in [-0.1, -0.05) is 305 Å². The molecule has 0 aromatic carbocycles. The zero-order valence-corrected chi connectivity index (χ0v) is 54.5. The monoisotopic (exact) mass is 1140 g/mol. The minimum absolute atomic E-state index is 0.0820. The summed E-state index contributed by atoms with van der Waals surface area (Å²) in [7, 11) is 0. The maximum Gasteiger partial charge on any atom is 0.306 e. The second-order valence-electron chi connectivity index (χ2n) is 23.8. The molecule has 0 aromatic heterocycles. The predicted octanol–water partition coefficient (Wildman–Crippen LogP) is 24.6. The minimum atomic E-state index is -0.788. The van der Waals surface area contributed by atoms with Crippen LogP contribution in [-0.2, 0) is 28.6 Å². The first-order valence-corrected chi connectivity index (χ1v) is 35.6. The second kappa shape index (κ2) is 70.1. The van der Waals surface area contributed by atoms with Crippen molar-refractivity contribution in [3.8, 4) is 0 Å². The van der Waals surface area contributed by atoms with Gasteiger partial charge in [0.2, 0.25) is 0 Å². The molecule has 0 amide bonds. The highest BCUT2D eigenvalue weighted by Gasteiger charge is 2.19. The molecule has 0 rings (SSSR count). The minimum Gasteiger partial charge on any atom is -0.462 e. The van der Waals surface area contributed by atoms with Crippen LogP contribution < -0.4 is 0 Å². The van der Waals surface area contributed by atoms with Gasteiger partial charge in [0, 0.05) is 19.3 Å². The van der Waals surface area contributed by atoms with Crippen LogP contribution in [0.4, 0.5) is 0 Å². The van der Waals surface area contributed by atoms with Gasteiger partial charge in [0.05, 0.1) is 0 Å². The average molecular weight is 1140 g/mol. The second-order valence-corrected chi connectivity index (χ2v) is 23.8. The zero-order chi connectivity index (χ0) is 59.2. The lowest BCUT2D eigenvalue weighted by Crippen LogP contribution is -2.30. The van der Waals surface area contributed by atoms with Crippen LogP contribution in [0.15, 0.2) is 85.1 Å². The van der Waals surface area contributed by atoms with Crippen molar-refractivity contribution in [2.75, 3.05) is 13.2 Å². The summed E-state index contributed by atoms with van der Waals surface area (Å²) in [6.45, 7) is 6.61. The van der Waals surface area contributed by atoms with Gasteiger partial charge in [-0.05, 0) is 122 Å². The van der Waals surface area contributed by atoms with Crippen LogP contribution in [0.3, 0.4) is 0 Å². The number of unbranched alkanes of at least 4 members (excludes halogenated alkanes) is 40. The molecule has 1 atom stereocenters. The molecule has 0 aliphatic carbocycles. The molecule has 0 fully saturated rings. The third-order valence-electron chi connectivity index (χ3n) is 15.6. The van der Waals surface area contributed by atoms with Crippen LogP contribution in [0.2, 0.25) is 0 Å². The lowest BCUT2D eigenvalue weighted by Gasteiger charge is -2.18. The van der Waals surface area contributed by atoms with Crippen LogP contribution in [-0.4, -0.2) is 37.2 Å². The van der Waals surface area contributed by atoms with E-state index in [2.05, 4.69) is 106 Å². The molecular formula is C76H134O6. The Hall–Kier alpha value is -3.41. The van der Waals surface area contributed by atoms with Crippen molar-refractivity contribution in [1.82, 2.24) is 0 Å². The lowest BCUT2D eigenvalue weighted by molar-refractivity contribution is -0.167. The Morgan fingerprint density at radius 3 is 0.720 bits per heavy atom. The van der Waals surface area contributed by atoms with E-state index >= 15 is 0 Å². The Morgan fingerprint density at radius 2 is 0.439 bits per heavy atom. The fourth-order valence-electron chi connectivity index (χ4n) is 10.2. The van der Waals surface area contributed by atoms with Gasteiger partial charge in [0.1, 0.15) is 13.2 Å². The molecule has 0 radical (unpaired) electrons. The van der Waals surface area contributed by atoms with Crippen molar-refractivity contribution in [1.29, 1.82) is 0 Å². The molecule has 0 bridgehead atoms. The van der Waals surface area contributed by atoms with Gasteiger partial charge in [-0.25, -0.2) is 0 Å². The van der Waals surface area contributed by atoms with Crippen molar-refractivity contribution in [3.05, 3.63) is 85.1 Å². The summed E-state index contributed by atoms with van der Waals surface area (Å²) in [4.78, 5) is 38.4. The molecule has 0 aliphatic rings. The van der Waals surface area contributed by atoms with Crippen LogP contribution >= 0.6 is 0 Å². The highest BCUT2D eigenvalue weighted by Crippen LogP contribution is 2.17. The van der Waals surface area contributed by atoms with Gasteiger partial charge in [-0.15, -0.1) is 0 Å². The first-order chi connectivity index (χ1) is 40.5. The topological polar surface area (TPSA) is 78.9 Å². The van der Waals surface area contributed by atoms with Gasteiger partial charge in [-0.2, -0.15) is 0 Å². The van der Waals surface area contributed by atoms with Crippen molar-refractivity contribution >= 4 is 17.9 Å². The average Bonchev–Trinajstić information content (AvgIpc) is 3.47. The van der Waals surface area contributed by atoms with E-state index in [4.69, 9.17) is 14.2 Å². The summed E-state index contributed by atoms with van der Waals surface area (Å²) in [5.41, 5.74) is 0. The fraction of sp³-hybridized carbons (Fsp3) is 0.776. The van der Waals surface area contributed by atoms with Crippen LogP contribution in [0, 0.1) is 0 Å². The van der Waals surface area contributed by atoms with E-state index in [-0.39, 0.29) is 31.1 Å². The van der Waals surface area contributed by atoms with Crippen molar-refractivity contribution in [2.24, 2.45) is 0 Å². The summed E-state index contributed by atoms with van der Waals surface area (Å²) in [5.74, 6) is -0.887. The SMILES string of the molecule is CCCCC/C=C\C/C=C\CCCCCCCC(=O)OCC(COC(=O)CCCCCCCCCCCCCCCCCC/C=C\C/C=C\C/C=C\CCCCCCC)OC(=O)CCCCCCCCC/C=C\C/C=C\CCCCCC. The standard InChI is InChI=1S/C76H134O6/c1-4-7-10-13-16-19-22-25-28-30-32-33-34-35-36-37-38-39-40-41-42-43-44-46-48-51-54-57-60-63-66-69-75(78)81-72-73(71-80-74(77)68-65-62-59-56-53-50-47-27-24-21-18-15-12-9-6-3)82-76(79)70-67-64-61-58-55-52-49-45-31-29-26-23-20-17-14-11-8-5-2/h18,20-23,25,27,29-32,34-35,47,73H,4-17,19,24,26,28,33,36-46,48-72H2,1-3H3/b21-18-,23-20-,25-22-,31-29-,32-30-,35-34-,47-27-. The number of ether oxygens (including phenoxy) is 3. The third-order valence-corrected chi connectivity index (χ3v) is 15.6. The number of allylic oxidation sites excluding steroid dienone is 14. The molecule has 0 spiro atoms. The Labute approximate surface area is 509 Å². The van der Waals surface area contributed by atoms with E-state index in [1.165, 1.54) is 218 Å². The third kappa shape index (κ3) is 67.4. The van der Waals surface area contributed by atoms with E-state index < -0.39 is 6.10 Å². The van der Waals surface area contributed by atoms with E-state index in [0.717, 1.165) is 103 Å². The first kappa shape index (κ1) is 78.6. The van der Waals surface area contributed by atoms with Gasteiger partial charge in [0.25, 0.3) is 0 Å². The summed E-state index contributed by atoms with van der Waals surface area (Å²) in [6.07, 6.45) is 93.2. The quantitative estimate of drug-likeness (QED) is 0.0261. The van der Waals surface area contributed by atoms with Gasteiger partial charge in [-0.3, -0.25) is 14.4 Å². The molecule has 0 saturated carbocycles. The number of rotatable bonds is 65. The van der Waals surface area contributed by atoms with E-state index in [0.29, 0.717) is 19.3 Å². The molecule has 0 saturated heterocycles. The Bertz CT molecular complexity index is 1550. The summed E-state index contributed by atoms with van der Waals surface area (Å²) < 4.78 is 17.0. The summed E-state index contributed by atoms with van der Waals surface area (Å²) in [6, 6.07) is 0. The van der Waals surface area contributed by atoms with Crippen molar-refractivity contribution in [2.45, 2.75) is 367 Å². The summed E-state index contributed by atoms with van der Waals surface area (Å²) in [5, 5.41) is 0. The Morgan fingerprint density at radius 1 is 0.244 bits per heavy atom. The Kier molecular flexibility index (Phi) is 67.2. The lowest BCUT2D eigenvalue weighted by atomic mass is 10.0. The highest BCUT2D eigenvalue weighted by molar-refractivity contribution is 5.71. The van der Waals surface area contributed by atoms with Gasteiger partial charge >= 0.3 is 17.9 Å². The molecule has 0 heterocycles. The van der Waals surface area contributed by atoms with Gasteiger partial charge in [0.15, 0.2) is 6.10 Å². The molecule has 0 N–H and O–H groups in total. The smallest absolute Gasteiger partial charge is 0.306 e. The molecule has 1 unspecified atom stereocenters. The number of carbonyl (C=O) groups is 3. The zero-order valence-electron chi connectivity index (χ0n) is 54.5. The fourth-order valence-corrected chi connectivity index (χ4v) is 10.2. The molecule has 82 heavy (non-hydrogen) atoms. The number of hydrogen-bond donors (Lipinski definition) is 0. The number of hydrogen-bond acceptors (Lipinski definition) is 6. The van der Waals surface area contributed by atoms with Crippen LogP contribution in [0.1, 0.15) is 361 Å². The van der Waals surface area contributed by atoms with Crippen LogP contribution in [0.25, 0.3) is 0 Å². The van der Waals surface area contributed by atoms with Crippen molar-refractivity contribution in [3.63, 3.8) is 0 Å². The van der Waals surface area contributed by atoms with Gasteiger partial charge < -0.3 is 14.2 Å².